The lowest BCUT2D eigenvalue weighted by atomic mass is 10.2. The first-order chi connectivity index (χ1) is 11.7. The smallest absolute Gasteiger partial charge is 0.191 e. The molecule has 7 heteroatoms. The summed E-state index contributed by atoms with van der Waals surface area (Å²) in [5, 5.41) is 7.49. The number of methoxy groups -OCH3 is 3. The number of hydrogen-bond donors (Lipinski definition) is 2. The Labute approximate surface area is 146 Å². The van der Waals surface area contributed by atoms with Gasteiger partial charge in [0.2, 0.25) is 0 Å². The molecule has 0 fully saturated rings. The number of anilines is 1. The Morgan fingerprint density at radius 3 is 2.29 bits per heavy atom. The summed E-state index contributed by atoms with van der Waals surface area (Å²) in [6, 6.07) is 12.9. The molecule has 2 aromatic carbocycles. The van der Waals surface area contributed by atoms with E-state index in [4.69, 9.17) is 26.4 Å². The van der Waals surface area contributed by atoms with Gasteiger partial charge < -0.3 is 19.5 Å². The lowest BCUT2D eigenvalue weighted by Gasteiger charge is -2.11. The first kappa shape index (κ1) is 17.6. The number of nitrogens with one attached hydrogen (secondary N) is 2. The minimum absolute atomic E-state index is 0.368. The van der Waals surface area contributed by atoms with Gasteiger partial charge in [-0.05, 0) is 54.2 Å². The molecule has 0 heterocycles. The Balaban J connectivity index is 1.91. The summed E-state index contributed by atoms with van der Waals surface area (Å²) in [5.74, 6) is 2.07. The van der Waals surface area contributed by atoms with Gasteiger partial charge in [0.15, 0.2) is 16.6 Å². The molecular formula is C17H19N3O3S. The predicted molar refractivity (Wildman–Crippen MR) is 99.5 cm³/mol. The summed E-state index contributed by atoms with van der Waals surface area (Å²) >= 11 is 5.20. The number of thiocarbonyl (C=S) groups is 1. The van der Waals surface area contributed by atoms with Crippen molar-refractivity contribution < 1.29 is 14.2 Å². The fraction of sp³-hybridized carbons (Fsp3) is 0.176. The van der Waals surface area contributed by atoms with Crippen LogP contribution in [0.4, 0.5) is 5.69 Å². The zero-order chi connectivity index (χ0) is 17.4. The molecule has 126 valence electrons. The first-order valence-electron chi connectivity index (χ1n) is 7.12. The molecule has 0 radical (unpaired) electrons. The average Bonchev–Trinajstić information content (AvgIpc) is 2.62. The number of rotatable bonds is 6. The van der Waals surface area contributed by atoms with Gasteiger partial charge in [0.05, 0.1) is 27.5 Å². The topological polar surface area (TPSA) is 64.1 Å². The second-order valence-electron chi connectivity index (χ2n) is 4.67. The Bertz CT molecular complexity index is 718. The highest BCUT2D eigenvalue weighted by Gasteiger charge is 2.05. The highest BCUT2D eigenvalue weighted by atomic mass is 32.1. The van der Waals surface area contributed by atoms with Crippen molar-refractivity contribution in [3.8, 4) is 17.2 Å². The molecule has 0 bridgehead atoms. The maximum atomic E-state index is 5.25. The number of ether oxygens (including phenoxy) is 3. The second kappa shape index (κ2) is 8.73. The van der Waals surface area contributed by atoms with Crippen LogP contribution in [0.2, 0.25) is 0 Å². The van der Waals surface area contributed by atoms with E-state index in [0.717, 1.165) is 17.0 Å². The van der Waals surface area contributed by atoms with Gasteiger partial charge in [-0.15, -0.1) is 0 Å². The number of nitrogens with zero attached hydrogens (tertiary/aromatic N) is 1. The van der Waals surface area contributed by atoms with E-state index in [-0.39, 0.29) is 0 Å². The normalized spacial score (nSPS) is 10.3. The summed E-state index contributed by atoms with van der Waals surface area (Å²) in [6.45, 7) is 0. The van der Waals surface area contributed by atoms with Crippen LogP contribution in [0.15, 0.2) is 47.6 Å². The third kappa shape index (κ3) is 4.85. The van der Waals surface area contributed by atoms with Crippen molar-refractivity contribution in [2.75, 3.05) is 26.6 Å². The molecule has 6 nitrogen and oxygen atoms in total. The Morgan fingerprint density at radius 1 is 0.958 bits per heavy atom. The van der Waals surface area contributed by atoms with Gasteiger partial charge in [-0.25, -0.2) is 0 Å². The molecular weight excluding hydrogens is 326 g/mol. The lowest BCUT2D eigenvalue weighted by Crippen LogP contribution is -2.23. The monoisotopic (exact) mass is 345 g/mol. The van der Waals surface area contributed by atoms with E-state index in [1.807, 2.05) is 30.3 Å². The quantitative estimate of drug-likeness (QED) is 0.477. The van der Waals surface area contributed by atoms with Crippen molar-refractivity contribution in [3.05, 3.63) is 48.0 Å². The fourth-order valence-corrected chi connectivity index (χ4v) is 2.10. The van der Waals surface area contributed by atoms with Gasteiger partial charge in [-0.1, -0.05) is 0 Å². The Hall–Kier alpha value is -2.80. The van der Waals surface area contributed by atoms with Crippen LogP contribution >= 0.6 is 12.2 Å². The zero-order valence-electron chi connectivity index (χ0n) is 13.7. The minimum Gasteiger partial charge on any atom is -0.497 e. The molecule has 0 saturated carbocycles. The van der Waals surface area contributed by atoms with Crippen molar-refractivity contribution >= 4 is 29.2 Å². The van der Waals surface area contributed by atoms with E-state index in [9.17, 15) is 0 Å². The molecule has 0 aliphatic carbocycles. The van der Waals surface area contributed by atoms with Crippen LogP contribution in [-0.2, 0) is 0 Å². The highest BCUT2D eigenvalue weighted by molar-refractivity contribution is 7.80. The number of benzene rings is 2. The first-order valence-corrected chi connectivity index (χ1v) is 7.53. The molecule has 0 aromatic heterocycles. The summed E-state index contributed by atoms with van der Waals surface area (Å²) in [6.07, 6.45) is 1.67. The van der Waals surface area contributed by atoms with Gasteiger partial charge in [-0.3, -0.25) is 5.43 Å². The molecule has 2 rings (SSSR count). The van der Waals surface area contributed by atoms with Crippen molar-refractivity contribution in [1.82, 2.24) is 5.43 Å². The van der Waals surface area contributed by atoms with Gasteiger partial charge in [0, 0.05) is 11.8 Å². The number of hydrogen-bond acceptors (Lipinski definition) is 5. The molecule has 24 heavy (non-hydrogen) atoms. The van der Waals surface area contributed by atoms with Crippen LogP contribution in [-0.4, -0.2) is 32.7 Å². The van der Waals surface area contributed by atoms with E-state index in [2.05, 4.69) is 15.8 Å². The van der Waals surface area contributed by atoms with E-state index in [0.29, 0.717) is 16.6 Å². The highest BCUT2D eigenvalue weighted by Crippen LogP contribution is 2.29. The third-order valence-corrected chi connectivity index (χ3v) is 3.33. The summed E-state index contributed by atoms with van der Waals surface area (Å²) in [5.41, 5.74) is 4.46. The zero-order valence-corrected chi connectivity index (χ0v) is 14.5. The Morgan fingerprint density at radius 2 is 1.67 bits per heavy atom. The SMILES string of the molecule is COc1ccc(C=NNC(=S)Nc2ccc(OC)c(OC)c2)cc1. The third-order valence-electron chi connectivity index (χ3n) is 3.14. The average molecular weight is 345 g/mol. The predicted octanol–water partition coefficient (Wildman–Crippen LogP) is 3.03. The molecule has 2 aromatic rings. The maximum Gasteiger partial charge on any atom is 0.191 e. The summed E-state index contributed by atoms with van der Waals surface area (Å²) in [7, 11) is 4.80. The van der Waals surface area contributed by atoms with Crippen LogP contribution in [0.3, 0.4) is 0 Å². The van der Waals surface area contributed by atoms with E-state index in [1.165, 1.54) is 0 Å². The Kier molecular flexibility index (Phi) is 6.39. The minimum atomic E-state index is 0.368. The largest absolute Gasteiger partial charge is 0.497 e. The number of hydrazone groups is 1. The molecule has 0 atom stereocenters. The molecule has 0 amide bonds. The summed E-state index contributed by atoms with van der Waals surface area (Å²) < 4.78 is 15.5. The van der Waals surface area contributed by atoms with Gasteiger partial charge in [0.1, 0.15) is 5.75 Å². The second-order valence-corrected chi connectivity index (χ2v) is 5.08. The van der Waals surface area contributed by atoms with E-state index < -0.39 is 0 Å². The molecule has 0 aliphatic heterocycles. The lowest BCUT2D eigenvalue weighted by molar-refractivity contribution is 0.355. The molecule has 0 spiro atoms. The summed E-state index contributed by atoms with van der Waals surface area (Å²) in [4.78, 5) is 0. The standard InChI is InChI=1S/C17H19N3O3S/c1-21-14-7-4-12(5-8-14)11-18-20-17(24)19-13-6-9-15(22-2)16(10-13)23-3/h4-11H,1-3H3,(H2,19,20,24). The van der Waals surface area contributed by atoms with Crippen LogP contribution in [0.1, 0.15) is 5.56 Å². The van der Waals surface area contributed by atoms with Crippen molar-refractivity contribution in [1.29, 1.82) is 0 Å². The van der Waals surface area contributed by atoms with Gasteiger partial charge in [-0.2, -0.15) is 5.10 Å². The fourth-order valence-electron chi connectivity index (χ4n) is 1.93. The van der Waals surface area contributed by atoms with E-state index >= 15 is 0 Å². The molecule has 0 saturated heterocycles. The molecule has 2 N–H and O–H groups in total. The van der Waals surface area contributed by atoms with Crippen LogP contribution in [0.25, 0.3) is 0 Å². The maximum absolute atomic E-state index is 5.25. The van der Waals surface area contributed by atoms with Crippen LogP contribution in [0.5, 0.6) is 17.2 Å². The van der Waals surface area contributed by atoms with Crippen molar-refractivity contribution in [2.24, 2.45) is 5.10 Å². The van der Waals surface area contributed by atoms with Crippen LogP contribution in [0, 0.1) is 0 Å². The molecule has 0 aliphatic rings. The van der Waals surface area contributed by atoms with Crippen LogP contribution < -0.4 is 25.0 Å². The van der Waals surface area contributed by atoms with Gasteiger partial charge in [0.25, 0.3) is 0 Å². The van der Waals surface area contributed by atoms with Gasteiger partial charge >= 0.3 is 0 Å². The van der Waals surface area contributed by atoms with E-state index in [1.54, 1.807) is 39.7 Å². The van der Waals surface area contributed by atoms with Crippen molar-refractivity contribution in [3.63, 3.8) is 0 Å². The van der Waals surface area contributed by atoms with Crippen molar-refractivity contribution in [2.45, 2.75) is 0 Å². The molecule has 0 unspecified atom stereocenters.